The smallest absolute Gasteiger partial charge is 0.187 e. The van der Waals surface area contributed by atoms with Crippen LogP contribution in [0, 0.1) is 3.57 Å². The quantitative estimate of drug-likeness (QED) is 0.785. The van der Waals surface area contributed by atoms with E-state index in [1.807, 2.05) is 18.2 Å². The highest BCUT2D eigenvalue weighted by atomic mass is 127. The van der Waals surface area contributed by atoms with E-state index in [0.717, 1.165) is 14.9 Å². The van der Waals surface area contributed by atoms with Crippen molar-refractivity contribution in [3.8, 4) is 5.75 Å². The summed E-state index contributed by atoms with van der Waals surface area (Å²) in [4.78, 5) is 0. The van der Waals surface area contributed by atoms with Crippen LogP contribution in [0.1, 0.15) is 11.9 Å². The number of benzene rings is 1. The Kier molecular flexibility index (Phi) is 3.25. The zero-order chi connectivity index (χ0) is 9.97. The van der Waals surface area contributed by atoms with Gasteiger partial charge in [-0.2, -0.15) is 0 Å². The van der Waals surface area contributed by atoms with Gasteiger partial charge in [0.1, 0.15) is 5.75 Å². The third-order valence-corrected chi connectivity index (χ3v) is 2.74. The standard InChI is InChI=1S/C10H11IO3/c1-12-9-3-2-7(11)6-8(9)10-13-4-5-14-10/h2-3,6,10H,4-5H2,1H3. The van der Waals surface area contributed by atoms with Gasteiger partial charge >= 0.3 is 0 Å². The Morgan fingerprint density at radius 2 is 2.07 bits per heavy atom. The average molecular weight is 306 g/mol. The van der Waals surface area contributed by atoms with Crippen molar-refractivity contribution in [1.29, 1.82) is 0 Å². The van der Waals surface area contributed by atoms with Gasteiger partial charge in [-0.05, 0) is 40.8 Å². The second-order valence-electron chi connectivity index (χ2n) is 2.96. The SMILES string of the molecule is COc1ccc(I)cc1C1OCCO1. The van der Waals surface area contributed by atoms with Crippen LogP contribution in [0.2, 0.25) is 0 Å². The Hall–Kier alpha value is -0.330. The van der Waals surface area contributed by atoms with E-state index >= 15 is 0 Å². The van der Waals surface area contributed by atoms with Gasteiger partial charge < -0.3 is 14.2 Å². The maximum atomic E-state index is 5.43. The van der Waals surface area contributed by atoms with Crippen LogP contribution in [0.3, 0.4) is 0 Å². The van der Waals surface area contributed by atoms with Crippen LogP contribution in [-0.4, -0.2) is 20.3 Å². The van der Waals surface area contributed by atoms with Crippen molar-refractivity contribution in [2.24, 2.45) is 0 Å². The second kappa shape index (κ2) is 4.46. The average Bonchev–Trinajstić information content (AvgIpc) is 2.70. The molecule has 1 heterocycles. The van der Waals surface area contributed by atoms with Gasteiger partial charge in [-0.1, -0.05) is 0 Å². The van der Waals surface area contributed by atoms with Crippen molar-refractivity contribution in [1.82, 2.24) is 0 Å². The van der Waals surface area contributed by atoms with Crippen molar-refractivity contribution in [3.63, 3.8) is 0 Å². The van der Waals surface area contributed by atoms with Gasteiger partial charge in [-0.3, -0.25) is 0 Å². The summed E-state index contributed by atoms with van der Waals surface area (Å²) in [6.07, 6.45) is -0.264. The Labute approximate surface area is 96.5 Å². The van der Waals surface area contributed by atoms with Crippen LogP contribution in [0.25, 0.3) is 0 Å². The maximum absolute atomic E-state index is 5.43. The van der Waals surface area contributed by atoms with E-state index < -0.39 is 0 Å². The zero-order valence-corrected chi connectivity index (χ0v) is 9.98. The van der Waals surface area contributed by atoms with Crippen LogP contribution in [0.4, 0.5) is 0 Å². The number of hydrogen-bond donors (Lipinski definition) is 0. The molecule has 0 bridgehead atoms. The molecule has 2 rings (SSSR count). The Morgan fingerprint density at radius 3 is 2.71 bits per heavy atom. The predicted octanol–water partition coefficient (Wildman–Crippen LogP) is 2.35. The van der Waals surface area contributed by atoms with E-state index in [2.05, 4.69) is 22.6 Å². The molecule has 0 radical (unpaired) electrons. The van der Waals surface area contributed by atoms with Gasteiger partial charge in [0.2, 0.25) is 0 Å². The molecule has 4 heteroatoms. The first-order chi connectivity index (χ1) is 6.81. The number of methoxy groups -OCH3 is 1. The highest BCUT2D eigenvalue weighted by molar-refractivity contribution is 14.1. The molecule has 0 aromatic heterocycles. The topological polar surface area (TPSA) is 27.7 Å². The van der Waals surface area contributed by atoms with Crippen LogP contribution in [0.5, 0.6) is 5.75 Å². The molecule has 1 aromatic rings. The van der Waals surface area contributed by atoms with E-state index in [1.165, 1.54) is 0 Å². The highest BCUT2D eigenvalue weighted by Crippen LogP contribution is 2.32. The summed E-state index contributed by atoms with van der Waals surface area (Å²) in [5.74, 6) is 0.817. The van der Waals surface area contributed by atoms with E-state index in [4.69, 9.17) is 14.2 Å². The fraction of sp³-hybridized carbons (Fsp3) is 0.400. The summed E-state index contributed by atoms with van der Waals surface area (Å²) in [5, 5.41) is 0. The minimum atomic E-state index is -0.264. The molecule has 0 unspecified atom stereocenters. The molecular formula is C10H11IO3. The van der Waals surface area contributed by atoms with Crippen molar-refractivity contribution < 1.29 is 14.2 Å². The molecule has 1 fully saturated rings. The Balaban J connectivity index is 2.33. The first-order valence-corrected chi connectivity index (χ1v) is 5.46. The van der Waals surface area contributed by atoms with Gasteiger partial charge in [-0.15, -0.1) is 0 Å². The Bertz CT molecular complexity index is 321. The lowest BCUT2D eigenvalue weighted by atomic mass is 10.2. The van der Waals surface area contributed by atoms with Crippen molar-refractivity contribution >= 4 is 22.6 Å². The molecule has 1 aromatic carbocycles. The van der Waals surface area contributed by atoms with Crippen molar-refractivity contribution in [3.05, 3.63) is 27.3 Å². The van der Waals surface area contributed by atoms with E-state index in [-0.39, 0.29) is 6.29 Å². The lowest BCUT2D eigenvalue weighted by molar-refractivity contribution is -0.0455. The van der Waals surface area contributed by atoms with Gasteiger partial charge in [0, 0.05) is 3.57 Å². The third kappa shape index (κ3) is 2.02. The number of ether oxygens (including phenoxy) is 3. The van der Waals surface area contributed by atoms with Crippen LogP contribution >= 0.6 is 22.6 Å². The van der Waals surface area contributed by atoms with Gasteiger partial charge in [0.15, 0.2) is 6.29 Å². The summed E-state index contributed by atoms with van der Waals surface area (Å²) in [5.41, 5.74) is 0.969. The van der Waals surface area contributed by atoms with E-state index in [9.17, 15) is 0 Å². The normalized spacial score (nSPS) is 17.3. The number of halogens is 1. The Morgan fingerprint density at radius 1 is 1.36 bits per heavy atom. The minimum Gasteiger partial charge on any atom is -0.496 e. The van der Waals surface area contributed by atoms with Crippen molar-refractivity contribution in [2.45, 2.75) is 6.29 Å². The molecule has 76 valence electrons. The van der Waals surface area contributed by atoms with E-state index in [1.54, 1.807) is 7.11 Å². The summed E-state index contributed by atoms with van der Waals surface area (Å²) < 4.78 is 17.3. The molecule has 0 saturated carbocycles. The molecule has 1 aliphatic heterocycles. The van der Waals surface area contributed by atoms with Gasteiger partial charge in [-0.25, -0.2) is 0 Å². The molecule has 1 aliphatic rings. The molecule has 0 amide bonds. The van der Waals surface area contributed by atoms with Gasteiger partial charge in [0.05, 0.1) is 25.9 Å². The molecule has 14 heavy (non-hydrogen) atoms. The van der Waals surface area contributed by atoms with Crippen LogP contribution in [0.15, 0.2) is 18.2 Å². The second-order valence-corrected chi connectivity index (χ2v) is 4.21. The fourth-order valence-electron chi connectivity index (χ4n) is 1.43. The molecule has 0 atom stereocenters. The zero-order valence-electron chi connectivity index (χ0n) is 7.83. The largest absolute Gasteiger partial charge is 0.496 e. The maximum Gasteiger partial charge on any atom is 0.187 e. The molecule has 0 aliphatic carbocycles. The molecule has 3 nitrogen and oxygen atoms in total. The van der Waals surface area contributed by atoms with Gasteiger partial charge in [0.25, 0.3) is 0 Å². The van der Waals surface area contributed by atoms with Crippen LogP contribution < -0.4 is 4.74 Å². The van der Waals surface area contributed by atoms with Crippen LogP contribution in [-0.2, 0) is 9.47 Å². The summed E-state index contributed by atoms with van der Waals surface area (Å²) in [7, 11) is 1.65. The lowest BCUT2D eigenvalue weighted by Crippen LogP contribution is -2.01. The summed E-state index contributed by atoms with van der Waals surface area (Å²) >= 11 is 2.26. The summed E-state index contributed by atoms with van der Waals surface area (Å²) in [6.45, 7) is 1.30. The molecule has 0 spiro atoms. The fourth-order valence-corrected chi connectivity index (χ4v) is 1.94. The third-order valence-electron chi connectivity index (χ3n) is 2.07. The first kappa shape index (κ1) is 10.2. The predicted molar refractivity (Wildman–Crippen MR) is 60.4 cm³/mol. The number of hydrogen-bond acceptors (Lipinski definition) is 3. The van der Waals surface area contributed by atoms with E-state index in [0.29, 0.717) is 13.2 Å². The molecule has 1 saturated heterocycles. The first-order valence-electron chi connectivity index (χ1n) is 4.38. The minimum absolute atomic E-state index is 0.264. The van der Waals surface area contributed by atoms with Crippen molar-refractivity contribution in [2.75, 3.05) is 20.3 Å². The highest BCUT2D eigenvalue weighted by Gasteiger charge is 2.22. The number of rotatable bonds is 2. The monoisotopic (exact) mass is 306 g/mol. The molecule has 0 N–H and O–H groups in total. The molecular weight excluding hydrogens is 295 g/mol. The lowest BCUT2D eigenvalue weighted by Gasteiger charge is -2.13. The summed E-state index contributed by atoms with van der Waals surface area (Å²) in [6, 6.07) is 5.95.